The molecule has 0 aromatic rings. The van der Waals surface area contributed by atoms with Crippen molar-refractivity contribution in [1.82, 2.24) is 15.5 Å². The normalized spacial score (nSPS) is 22.4. The van der Waals surface area contributed by atoms with Crippen LogP contribution in [-0.4, -0.2) is 59.3 Å². The van der Waals surface area contributed by atoms with Gasteiger partial charge in [0.05, 0.1) is 0 Å². The second kappa shape index (κ2) is 5.17. The lowest BCUT2D eigenvalue weighted by Crippen LogP contribution is -2.64. The molecule has 0 aromatic carbocycles. The summed E-state index contributed by atoms with van der Waals surface area (Å²) >= 11 is 0. The number of alkyl halides is 3. The Hall–Kier alpha value is -2.00. The summed E-state index contributed by atoms with van der Waals surface area (Å²) in [5.41, 5.74) is -3.43. The molecule has 0 aromatic heterocycles. The minimum atomic E-state index is -5.17. The summed E-state index contributed by atoms with van der Waals surface area (Å²) in [6.45, 7) is 0.691. The smallest absolute Gasteiger partial charge is 0.422 e. The van der Waals surface area contributed by atoms with Gasteiger partial charge in [0.2, 0.25) is 11.4 Å². The Labute approximate surface area is 112 Å². The number of carbonyl (C=O) groups excluding carboxylic acids is 2. The Morgan fingerprint density at radius 1 is 1.40 bits per heavy atom. The third-order valence-corrected chi connectivity index (χ3v) is 3.09. The van der Waals surface area contributed by atoms with E-state index in [4.69, 9.17) is 5.11 Å². The van der Waals surface area contributed by atoms with E-state index in [1.165, 1.54) is 17.3 Å². The second-order valence-electron chi connectivity index (χ2n) is 4.63. The molecule has 1 aliphatic rings. The van der Waals surface area contributed by atoms with Gasteiger partial charge in [0, 0.05) is 13.6 Å². The maximum absolute atomic E-state index is 12.7. The van der Waals surface area contributed by atoms with Crippen LogP contribution >= 0.6 is 0 Å². The van der Waals surface area contributed by atoms with E-state index in [1.807, 2.05) is 5.32 Å². The summed E-state index contributed by atoms with van der Waals surface area (Å²) in [4.78, 5) is 35.0. The molecule has 1 aliphatic heterocycles. The fourth-order valence-corrected chi connectivity index (χ4v) is 1.62. The van der Waals surface area contributed by atoms with E-state index in [1.54, 1.807) is 0 Å². The molecule has 3 N–H and O–H groups in total. The number of carboxylic acid groups (broad SMARTS) is 1. The van der Waals surface area contributed by atoms with E-state index in [9.17, 15) is 27.6 Å². The fourth-order valence-electron chi connectivity index (χ4n) is 1.62. The lowest BCUT2D eigenvalue weighted by molar-refractivity contribution is -0.203. The molecule has 20 heavy (non-hydrogen) atoms. The number of likely N-dealkylation sites (tertiary alicyclic amines) is 1. The van der Waals surface area contributed by atoms with Crippen LogP contribution in [0.1, 0.15) is 13.3 Å². The average Bonchev–Trinajstić information content (AvgIpc) is 2.59. The number of likely N-dealkylation sites (N-methyl/N-ethyl adjacent to an activating group) is 1. The summed E-state index contributed by atoms with van der Waals surface area (Å²) in [6, 6.07) is -2.31. The van der Waals surface area contributed by atoms with E-state index < -0.39 is 35.7 Å². The molecule has 0 radical (unpaired) electrons. The maximum atomic E-state index is 12.7. The maximum Gasteiger partial charge on any atom is 0.422 e. The molecular weight excluding hydrogens is 283 g/mol. The van der Waals surface area contributed by atoms with Crippen LogP contribution in [-0.2, 0) is 9.59 Å². The summed E-state index contributed by atoms with van der Waals surface area (Å²) in [5.74, 6) is -2.68. The van der Waals surface area contributed by atoms with E-state index in [2.05, 4.69) is 0 Å². The van der Waals surface area contributed by atoms with Crippen molar-refractivity contribution in [3.63, 3.8) is 0 Å². The highest BCUT2D eigenvalue weighted by atomic mass is 19.4. The highest BCUT2D eigenvalue weighted by Crippen LogP contribution is 2.30. The highest BCUT2D eigenvalue weighted by Gasteiger charge is 2.58. The van der Waals surface area contributed by atoms with Gasteiger partial charge in [-0.3, -0.25) is 4.79 Å². The van der Waals surface area contributed by atoms with Gasteiger partial charge in [-0.05, 0) is 13.3 Å². The molecule has 0 aliphatic carbocycles. The second-order valence-corrected chi connectivity index (χ2v) is 4.63. The molecule has 1 saturated heterocycles. The molecule has 114 valence electrons. The van der Waals surface area contributed by atoms with Gasteiger partial charge in [-0.1, -0.05) is 0 Å². The Bertz CT molecular complexity index is 440. The predicted octanol–water partition coefficient (Wildman–Crippen LogP) is -0.0781. The summed E-state index contributed by atoms with van der Waals surface area (Å²) in [7, 11) is 1.49. The first-order valence-electron chi connectivity index (χ1n) is 5.63. The molecule has 0 saturated carbocycles. The van der Waals surface area contributed by atoms with Gasteiger partial charge in [-0.2, -0.15) is 13.2 Å². The lowest BCUT2D eigenvalue weighted by Gasteiger charge is -2.29. The van der Waals surface area contributed by atoms with Crippen LogP contribution in [0.4, 0.5) is 18.0 Å². The molecule has 2 unspecified atom stereocenters. The summed E-state index contributed by atoms with van der Waals surface area (Å²) < 4.78 is 38.0. The third kappa shape index (κ3) is 2.94. The number of rotatable bonds is 3. The van der Waals surface area contributed by atoms with Crippen molar-refractivity contribution in [1.29, 1.82) is 0 Å². The van der Waals surface area contributed by atoms with Gasteiger partial charge >= 0.3 is 18.2 Å². The Morgan fingerprint density at radius 2 is 1.95 bits per heavy atom. The number of nitrogens with zero attached hydrogens (tertiary/aromatic N) is 1. The lowest BCUT2D eigenvalue weighted by atomic mass is 10.0. The molecule has 1 heterocycles. The van der Waals surface area contributed by atoms with E-state index in [0.717, 1.165) is 0 Å². The predicted molar refractivity (Wildman–Crippen MR) is 59.8 cm³/mol. The van der Waals surface area contributed by atoms with Crippen LogP contribution in [0.5, 0.6) is 0 Å². The van der Waals surface area contributed by atoms with Crippen molar-refractivity contribution in [2.45, 2.75) is 31.1 Å². The zero-order valence-corrected chi connectivity index (χ0v) is 10.7. The van der Waals surface area contributed by atoms with Crippen molar-refractivity contribution >= 4 is 17.9 Å². The standard InChI is InChI=1S/C10H14F3N3O4/c1-9(7(18)19,10(11,12)13)15-8(20)14-5-3-4-16(2)6(5)17/h5H,3-4H2,1-2H3,(H,18,19)(H2,14,15,20). The van der Waals surface area contributed by atoms with Crippen LogP contribution in [0.15, 0.2) is 0 Å². The largest absolute Gasteiger partial charge is 0.479 e. The number of amides is 3. The molecule has 1 rings (SSSR count). The molecule has 3 amide bonds. The van der Waals surface area contributed by atoms with Gasteiger partial charge in [0.1, 0.15) is 6.04 Å². The van der Waals surface area contributed by atoms with Crippen molar-refractivity contribution < 1.29 is 32.7 Å². The number of nitrogens with one attached hydrogen (secondary N) is 2. The van der Waals surface area contributed by atoms with Crippen molar-refractivity contribution in [2.24, 2.45) is 0 Å². The number of carboxylic acids is 1. The minimum absolute atomic E-state index is 0.249. The third-order valence-electron chi connectivity index (χ3n) is 3.09. The molecule has 10 heteroatoms. The Morgan fingerprint density at radius 3 is 2.30 bits per heavy atom. The van der Waals surface area contributed by atoms with Gasteiger partial charge in [0.25, 0.3) is 0 Å². The number of halogens is 3. The number of hydrogen-bond acceptors (Lipinski definition) is 3. The topological polar surface area (TPSA) is 98.7 Å². The van der Waals surface area contributed by atoms with Gasteiger partial charge in [-0.15, -0.1) is 0 Å². The highest BCUT2D eigenvalue weighted by molar-refractivity contribution is 5.91. The van der Waals surface area contributed by atoms with Gasteiger partial charge < -0.3 is 20.6 Å². The van der Waals surface area contributed by atoms with E-state index in [0.29, 0.717) is 13.5 Å². The zero-order chi connectivity index (χ0) is 15.7. The average molecular weight is 297 g/mol. The van der Waals surface area contributed by atoms with Crippen LogP contribution < -0.4 is 10.6 Å². The van der Waals surface area contributed by atoms with Crippen LogP contribution in [0.3, 0.4) is 0 Å². The molecule has 7 nitrogen and oxygen atoms in total. The SMILES string of the molecule is CN1CCC(NC(=O)NC(C)(C(=O)O)C(F)(F)F)C1=O. The first-order valence-corrected chi connectivity index (χ1v) is 5.63. The molecule has 2 atom stereocenters. The van der Waals surface area contributed by atoms with E-state index >= 15 is 0 Å². The molecule has 1 fully saturated rings. The molecule has 0 spiro atoms. The number of hydrogen-bond donors (Lipinski definition) is 3. The minimum Gasteiger partial charge on any atom is -0.479 e. The fraction of sp³-hybridized carbons (Fsp3) is 0.700. The van der Waals surface area contributed by atoms with Crippen LogP contribution in [0, 0.1) is 0 Å². The van der Waals surface area contributed by atoms with Crippen LogP contribution in [0.25, 0.3) is 0 Å². The first kappa shape index (κ1) is 16.1. The number of urea groups is 1. The number of carbonyl (C=O) groups is 3. The Balaban J connectivity index is 2.74. The van der Waals surface area contributed by atoms with E-state index in [-0.39, 0.29) is 6.42 Å². The monoisotopic (exact) mass is 297 g/mol. The first-order chi connectivity index (χ1) is 8.99. The van der Waals surface area contributed by atoms with Crippen molar-refractivity contribution in [2.75, 3.05) is 13.6 Å². The zero-order valence-electron chi connectivity index (χ0n) is 10.7. The van der Waals surface area contributed by atoms with Gasteiger partial charge in [0.15, 0.2) is 0 Å². The Kier molecular flexibility index (Phi) is 4.15. The van der Waals surface area contributed by atoms with Crippen LogP contribution in [0.2, 0.25) is 0 Å². The van der Waals surface area contributed by atoms with Crippen molar-refractivity contribution in [3.8, 4) is 0 Å². The van der Waals surface area contributed by atoms with Crippen molar-refractivity contribution in [3.05, 3.63) is 0 Å². The molecular formula is C10H14F3N3O4. The molecule has 0 bridgehead atoms. The van der Waals surface area contributed by atoms with Gasteiger partial charge in [-0.25, -0.2) is 9.59 Å². The number of aliphatic carboxylic acids is 1. The summed E-state index contributed by atoms with van der Waals surface area (Å²) in [6.07, 6.45) is -4.93. The quantitative estimate of drug-likeness (QED) is 0.678. The summed E-state index contributed by atoms with van der Waals surface area (Å²) in [5, 5.41) is 12.0.